The van der Waals surface area contributed by atoms with Crippen LogP contribution in [0.25, 0.3) is 10.2 Å². The molecule has 7 nitrogen and oxygen atoms in total. The second kappa shape index (κ2) is 10.8. The summed E-state index contributed by atoms with van der Waals surface area (Å²) in [5, 5.41) is 14.1. The number of piperidine rings is 1. The minimum atomic E-state index is -4.70. The van der Waals surface area contributed by atoms with E-state index in [2.05, 4.69) is 21.9 Å². The first-order valence-electron chi connectivity index (χ1n) is 11.7. The topological polar surface area (TPSA) is 96.0 Å². The Morgan fingerprint density at radius 1 is 1.22 bits per heavy atom. The highest BCUT2D eigenvalue weighted by Gasteiger charge is 2.55. The molecule has 4 rings (SSSR count). The highest BCUT2D eigenvalue weighted by molar-refractivity contribution is 7.22. The molecule has 0 radical (unpaired) electrons. The number of anilines is 2. The van der Waals surface area contributed by atoms with E-state index in [1.165, 1.54) is 12.3 Å². The van der Waals surface area contributed by atoms with Gasteiger partial charge in [0.25, 0.3) is 5.88 Å². The number of benzene rings is 2. The Bertz CT molecular complexity index is 1260. The first-order valence-corrected chi connectivity index (χ1v) is 12.5. The molecule has 37 heavy (non-hydrogen) atoms. The molecule has 1 unspecified atom stereocenters. The summed E-state index contributed by atoms with van der Waals surface area (Å²) in [7, 11) is 0. The van der Waals surface area contributed by atoms with Crippen LogP contribution in [-0.4, -0.2) is 46.1 Å². The molecule has 0 amide bonds. The van der Waals surface area contributed by atoms with Crippen molar-refractivity contribution >= 4 is 38.6 Å². The van der Waals surface area contributed by atoms with Crippen molar-refractivity contribution in [1.82, 2.24) is 9.88 Å². The van der Waals surface area contributed by atoms with Crippen molar-refractivity contribution in [2.45, 2.75) is 31.5 Å². The maximum absolute atomic E-state index is 13.2. The molecule has 1 aliphatic rings. The number of nitrogens with two attached hydrogens (primary N) is 1. The molecule has 1 fully saturated rings. The fourth-order valence-electron chi connectivity index (χ4n) is 4.08. The van der Waals surface area contributed by atoms with E-state index in [1.807, 2.05) is 36.4 Å². The normalized spacial score (nSPS) is 17.5. The molecule has 1 saturated heterocycles. The number of nitrogens with one attached hydrogen (secondary N) is 1. The van der Waals surface area contributed by atoms with Crippen molar-refractivity contribution in [1.29, 1.82) is 0 Å². The number of halogens is 3. The van der Waals surface area contributed by atoms with Gasteiger partial charge in [-0.3, -0.25) is 0 Å². The van der Waals surface area contributed by atoms with Gasteiger partial charge in [-0.2, -0.15) is 13.2 Å². The van der Waals surface area contributed by atoms with E-state index < -0.39 is 17.7 Å². The standard InChI is InChI=1S/C26H28F3N5O2S/c1-3-14-31-23(22(30)34-15-12-17(13-16-34)25(2,35)26(27,28)29)36-19-10-8-18(9-11-19)32-24-33-20-6-4-5-7-21(20)37-24/h3-11,14,17,35H,1,12-13,15-16,30H2,2H3,(H,32,33)/b23-22-,31-14?. The molecule has 2 heterocycles. The van der Waals surface area contributed by atoms with E-state index in [9.17, 15) is 18.3 Å². The molecule has 0 saturated carbocycles. The molecule has 0 aliphatic carbocycles. The van der Waals surface area contributed by atoms with Crippen LogP contribution >= 0.6 is 11.3 Å². The van der Waals surface area contributed by atoms with Crippen molar-refractivity contribution in [3.8, 4) is 5.75 Å². The minimum absolute atomic E-state index is 0.104. The third kappa shape index (κ3) is 6.05. The molecule has 2 aromatic carbocycles. The summed E-state index contributed by atoms with van der Waals surface area (Å²) in [6.45, 7) is 4.89. The number of nitrogens with zero attached hydrogens (tertiary/aromatic N) is 3. The molecule has 1 aromatic heterocycles. The van der Waals surface area contributed by atoms with E-state index in [-0.39, 0.29) is 37.6 Å². The van der Waals surface area contributed by atoms with Gasteiger partial charge in [-0.1, -0.05) is 36.1 Å². The summed E-state index contributed by atoms with van der Waals surface area (Å²) in [5.41, 5.74) is 5.31. The smallest absolute Gasteiger partial charge is 0.417 e. The Kier molecular flexibility index (Phi) is 7.74. The number of fused-ring (bicyclic) bond motifs is 1. The Morgan fingerprint density at radius 3 is 2.51 bits per heavy atom. The lowest BCUT2D eigenvalue weighted by atomic mass is 9.81. The molecular weight excluding hydrogens is 503 g/mol. The van der Waals surface area contributed by atoms with Gasteiger partial charge in [-0.25, -0.2) is 9.98 Å². The van der Waals surface area contributed by atoms with Crippen molar-refractivity contribution in [2.75, 3.05) is 18.4 Å². The number of alkyl halides is 3. The number of rotatable bonds is 8. The summed E-state index contributed by atoms with van der Waals surface area (Å²) in [4.78, 5) is 10.5. The van der Waals surface area contributed by atoms with Gasteiger partial charge in [-0.15, -0.1) is 0 Å². The molecule has 3 aromatic rings. The molecular formula is C26H28F3N5O2S. The summed E-state index contributed by atoms with van der Waals surface area (Å²) >= 11 is 1.55. The SMILES string of the molecule is C=CC=N/C(Oc1ccc(Nc2nc3ccccc3s2)cc1)=C(\N)N1CCC(C(C)(O)C(F)(F)F)CC1. The number of thiazole rings is 1. The van der Waals surface area contributed by atoms with Gasteiger partial charge >= 0.3 is 6.18 Å². The van der Waals surface area contributed by atoms with Crippen molar-refractivity contribution in [3.63, 3.8) is 0 Å². The van der Waals surface area contributed by atoms with Gasteiger partial charge in [0.05, 0.1) is 10.2 Å². The zero-order valence-electron chi connectivity index (χ0n) is 20.2. The van der Waals surface area contributed by atoms with Gasteiger partial charge in [-0.05, 0) is 62.1 Å². The highest BCUT2D eigenvalue weighted by atomic mass is 32.1. The zero-order valence-corrected chi connectivity index (χ0v) is 21.0. The summed E-state index contributed by atoms with van der Waals surface area (Å²) in [5.74, 6) is -0.148. The maximum Gasteiger partial charge on any atom is 0.417 e. The van der Waals surface area contributed by atoms with Crippen molar-refractivity contribution in [3.05, 3.63) is 72.9 Å². The summed E-state index contributed by atoms with van der Waals surface area (Å²) < 4.78 is 46.7. The molecule has 196 valence electrons. The third-order valence-electron chi connectivity index (χ3n) is 6.33. The van der Waals surface area contributed by atoms with Crippen LogP contribution in [0.5, 0.6) is 5.75 Å². The Balaban J connectivity index is 1.44. The fourth-order valence-corrected chi connectivity index (χ4v) is 4.97. The Hall–Kier alpha value is -3.57. The molecule has 0 spiro atoms. The number of aliphatic hydroxyl groups is 1. The minimum Gasteiger partial charge on any atom is -0.436 e. The van der Waals surface area contributed by atoms with Crippen LogP contribution in [0.3, 0.4) is 0 Å². The molecule has 1 atom stereocenters. The largest absolute Gasteiger partial charge is 0.436 e. The second-order valence-corrected chi connectivity index (χ2v) is 9.88. The fraction of sp³-hybridized carbons (Fsp3) is 0.308. The number of aliphatic imine (C=N–C) groups is 1. The van der Waals surface area contributed by atoms with E-state index in [0.717, 1.165) is 28.0 Å². The van der Waals surface area contributed by atoms with Crippen LogP contribution in [-0.2, 0) is 0 Å². The first kappa shape index (κ1) is 26.5. The average molecular weight is 532 g/mol. The molecule has 1 aliphatic heterocycles. The van der Waals surface area contributed by atoms with E-state index in [4.69, 9.17) is 10.5 Å². The number of aromatic nitrogens is 1. The van der Waals surface area contributed by atoms with Gasteiger partial charge in [0, 0.05) is 25.0 Å². The van der Waals surface area contributed by atoms with Gasteiger partial charge < -0.3 is 25.8 Å². The molecule has 11 heteroatoms. The predicted molar refractivity (Wildman–Crippen MR) is 141 cm³/mol. The monoisotopic (exact) mass is 531 g/mol. The van der Waals surface area contributed by atoms with Gasteiger partial charge in [0.1, 0.15) is 5.75 Å². The second-order valence-electron chi connectivity index (χ2n) is 8.85. The Morgan fingerprint density at radius 2 is 1.89 bits per heavy atom. The lowest BCUT2D eigenvalue weighted by molar-refractivity contribution is -0.275. The van der Waals surface area contributed by atoms with Crippen LogP contribution in [0, 0.1) is 5.92 Å². The number of likely N-dealkylation sites (tertiary alicyclic amines) is 1. The maximum atomic E-state index is 13.2. The Labute approximate surface area is 216 Å². The highest BCUT2D eigenvalue weighted by Crippen LogP contribution is 2.41. The van der Waals surface area contributed by atoms with Crippen LogP contribution in [0.15, 0.2) is 77.9 Å². The van der Waals surface area contributed by atoms with Crippen molar-refractivity contribution in [2.24, 2.45) is 16.6 Å². The summed E-state index contributed by atoms with van der Waals surface area (Å²) in [6.07, 6.45) is -1.56. The van der Waals surface area contributed by atoms with Crippen LogP contribution < -0.4 is 15.8 Å². The van der Waals surface area contributed by atoms with Gasteiger partial charge in [0.2, 0.25) is 0 Å². The molecule has 4 N–H and O–H groups in total. The number of para-hydroxylation sites is 1. The lowest BCUT2D eigenvalue weighted by Crippen LogP contribution is -2.52. The summed E-state index contributed by atoms with van der Waals surface area (Å²) in [6, 6.07) is 15.0. The van der Waals surface area contributed by atoms with Crippen LogP contribution in [0.4, 0.5) is 24.0 Å². The lowest BCUT2D eigenvalue weighted by Gasteiger charge is -2.41. The van der Waals surface area contributed by atoms with Crippen molar-refractivity contribution < 1.29 is 23.0 Å². The van der Waals surface area contributed by atoms with Gasteiger partial charge in [0.15, 0.2) is 16.6 Å². The quantitative estimate of drug-likeness (QED) is 0.252. The van der Waals surface area contributed by atoms with E-state index >= 15 is 0 Å². The molecule has 0 bridgehead atoms. The van der Waals surface area contributed by atoms with E-state index in [1.54, 1.807) is 28.4 Å². The zero-order chi connectivity index (χ0) is 26.6. The van der Waals surface area contributed by atoms with Crippen LogP contribution in [0.1, 0.15) is 19.8 Å². The number of hydrogen-bond acceptors (Lipinski definition) is 8. The number of allylic oxidation sites excluding steroid dienone is 1. The first-order chi connectivity index (χ1) is 17.6. The predicted octanol–water partition coefficient (Wildman–Crippen LogP) is 5.79. The number of hydrogen-bond donors (Lipinski definition) is 3. The van der Waals surface area contributed by atoms with Crippen LogP contribution in [0.2, 0.25) is 0 Å². The number of ether oxygens (including phenoxy) is 1. The third-order valence-corrected chi connectivity index (χ3v) is 7.29. The average Bonchev–Trinajstić information content (AvgIpc) is 3.29. The van der Waals surface area contributed by atoms with E-state index in [0.29, 0.717) is 5.75 Å².